The van der Waals surface area contributed by atoms with Crippen LogP contribution >= 0.6 is 11.6 Å². The van der Waals surface area contributed by atoms with Gasteiger partial charge in [0.1, 0.15) is 0 Å². The zero-order chi connectivity index (χ0) is 17.7. The average molecular weight is 345 g/mol. The third kappa shape index (κ3) is 4.15. The minimum Gasteiger partial charge on any atom is -0.272 e. The molecule has 126 valence electrons. The smallest absolute Gasteiger partial charge is 0.269 e. The van der Waals surface area contributed by atoms with Gasteiger partial charge in [0.15, 0.2) is 0 Å². The van der Waals surface area contributed by atoms with Crippen LogP contribution in [0.15, 0.2) is 48.5 Å². The second kappa shape index (κ2) is 7.49. The molecule has 0 fully saturated rings. The molecule has 5 heteroatoms. The average Bonchev–Trinajstić information content (AvgIpc) is 2.59. The molecule has 0 aliphatic rings. The molecule has 0 saturated carbocycles. The molecular formula is C19H21ClN2O2. The van der Waals surface area contributed by atoms with Gasteiger partial charge < -0.3 is 0 Å². The van der Waals surface area contributed by atoms with Crippen molar-refractivity contribution in [1.29, 1.82) is 0 Å². The molecule has 2 aromatic rings. The van der Waals surface area contributed by atoms with Gasteiger partial charge in [-0.15, -0.1) is 0 Å². The number of aryl methyl sites for hydroxylation is 1. The summed E-state index contributed by atoms with van der Waals surface area (Å²) in [5.41, 5.74) is 6.61. The molecule has 0 aromatic heterocycles. The van der Waals surface area contributed by atoms with Gasteiger partial charge in [0.25, 0.3) is 5.91 Å². The lowest BCUT2D eigenvalue weighted by Crippen LogP contribution is -2.49. The second-order valence-corrected chi connectivity index (χ2v) is 6.53. The van der Waals surface area contributed by atoms with E-state index in [4.69, 9.17) is 11.6 Å². The van der Waals surface area contributed by atoms with Gasteiger partial charge in [-0.1, -0.05) is 42.8 Å². The Morgan fingerprint density at radius 1 is 0.958 bits per heavy atom. The number of hydrogen-bond acceptors (Lipinski definition) is 2. The van der Waals surface area contributed by atoms with E-state index in [0.717, 1.165) is 17.5 Å². The fraction of sp³-hybridized carbons (Fsp3) is 0.263. The lowest BCUT2D eigenvalue weighted by molar-refractivity contribution is -0.126. The van der Waals surface area contributed by atoms with Crippen LogP contribution in [0.4, 0.5) is 0 Å². The third-order valence-corrected chi connectivity index (χ3v) is 4.30. The summed E-state index contributed by atoms with van der Waals surface area (Å²) in [6.07, 6.45) is 0.911. The quantitative estimate of drug-likeness (QED) is 0.832. The van der Waals surface area contributed by atoms with Crippen molar-refractivity contribution in [2.45, 2.75) is 32.6 Å². The molecule has 0 spiro atoms. The zero-order valence-corrected chi connectivity index (χ0v) is 14.8. The van der Waals surface area contributed by atoms with Crippen LogP contribution in [0.2, 0.25) is 5.02 Å². The van der Waals surface area contributed by atoms with Gasteiger partial charge in [-0.25, -0.2) is 0 Å². The zero-order valence-electron chi connectivity index (χ0n) is 14.0. The van der Waals surface area contributed by atoms with Crippen molar-refractivity contribution in [2.75, 3.05) is 0 Å². The highest BCUT2D eigenvalue weighted by Crippen LogP contribution is 2.24. The number of halogens is 1. The van der Waals surface area contributed by atoms with E-state index >= 15 is 0 Å². The molecule has 4 nitrogen and oxygen atoms in total. The van der Waals surface area contributed by atoms with Crippen molar-refractivity contribution in [3.63, 3.8) is 0 Å². The summed E-state index contributed by atoms with van der Waals surface area (Å²) in [4.78, 5) is 24.5. The van der Waals surface area contributed by atoms with Gasteiger partial charge in [-0.05, 0) is 55.7 Å². The van der Waals surface area contributed by atoms with Crippen LogP contribution in [0.3, 0.4) is 0 Å². The van der Waals surface area contributed by atoms with E-state index in [1.165, 1.54) is 0 Å². The van der Waals surface area contributed by atoms with E-state index in [9.17, 15) is 9.59 Å². The molecule has 2 rings (SSSR count). The first kappa shape index (κ1) is 18.0. The van der Waals surface area contributed by atoms with Gasteiger partial charge >= 0.3 is 0 Å². The van der Waals surface area contributed by atoms with Crippen molar-refractivity contribution >= 4 is 23.4 Å². The van der Waals surface area contributed by atoms with Crippen LogP contribution in [-0.2, 0) is 16.6 Å². The van der Waals surface area contributed by atoms with E-state index in [1.54, 1.807) is 50.2 Å². The Morgan fingerprint density at radius 3 is 2.08 bits per heavy atom. The Balaban J connectivity index is 2.00. The summed E-state index contributed by atoms with van der Waals surface area (Å²) in [5, 5.41) is 0.610. The van der Waals surface area contributed by atoms with Gasteiger partial charge in [0.05, 0.1) is 5.41 Å². The number of benzene rings is 2. The Labute approximate surface area is 147 Å². The molecule has 0 bridgehead atoms. The van der Waals surface area contributed by atoms with Gasteiger partial charge in [-0.2, -0.15) is 0 Å². The molecule has 2 N–H and O–H groups in total. The maximum atomic E-state index is 12.4. The molecule has 0 heterocycles. The molecule has 0 radical (unpaired) electrons. The normalized spacial score (nSPS) is 11.0. The fourth-order valence-corrected chi connectivity index (χ4v) is 2.36. The maximum absolute atomic E-state index is 12.4. The van der Waals surface area contributed by atoms with Crippen molar-refractivity contribution in [2.24, 2.45) is 0 Å². The number of hydrogen-bond donors (Lipinski definition) is 2. The first-order valence-electron chi connectivity index (χ1n) is 7.80. The van der Waals surface area contributed by atoms with Crippen LogP contribution in [0.25, 0.3) is 0 Å². The van der Waals surface area contributed by atoms with E-state index in [0.29, 0.717) is 10.6 Å². The predicted molar refractivity (Wildman–Crippen MR) is 95.9 cm³/mol. The molecule has 2 aromatic carbocycles. The highest BCUT2D eigenvalue weighted by molar-refractivity contribution is 6.30. The predicted octanol–water partition coefficient (Wildman–Crippen LogP) is 3.64. The number of carbonyl (C=O) groups excluding carboxylic acids is 2. The van der Waals surface area contributed by atoms with E-state index in [1.807, 2.05) is 19.1 Å². The number of carbonyl (C=O) groups is 2. The van der Waals surface area contributed by atoms with Crippen LogP contribution in [-0.4, -0.2) is 11.8 Å². The molecule has 0 atom stereocenters. The highest BCUT2D eigenvalue weighted by Gasteiger charge is 2.30. The molecule has 0 saturated heterocycles. The lowest BCUT2D eigenvalue weighted by Gasteiger charge is -2.24. The SMILES string of the molecule is CCc1ccc(C(=O)NNC(=O)C(C)(C)c2ccc(Cl)cc2)cc1. The van der Waals surface area contributed by atoms with Crippen molar-refractivity contribution in [1.82, 2.24) is 10.9 Å². The summed E-state index contributed by atoms with van der Waals surface area (Å²) in [5.74, 6) is -0.652. The first-order chi connectivity index (χ1) is 11.3. The van der Waals surface area contributed by atoms with E-state index in [2.05, 4.69) is 10.9 Å². The minimum absolute atomic E-state index is 0.302. The van der Waals surface area contributed by atoms with Gasteiger partial charge in [0, 0.05) is 10.6 Å². The summed E-state index contributed by atoms with van der Waals surface area (Å²) in [7, 11) is 0. The number of amides is 2. The molecular weight excluding hydrogens is 324 g/mol. The second-order valence-electron chi connectivity index (χ2n) is 6.09. The summed E-state index contributed by atoms with van der Waals surface area (Å²) in [6, 6.07) is 14.3. The number of hydrazine groups is 1. The van der Waals surface area contributed by atoms with Crippen molar-refractivity contribution in [3.05, 3.63) is 70.2 Å². The van der Waals surface area contributed by atoms with E-state index < -0.39 is 5.41 Å². The molecule has 2 amide bonds. The van der Waals surface area contributed by atoms with Crippen molar-refractivity contribution in [3.8, 4) is 0 Å². The molecule has 0 aliphatic carbocycles. The van der Waals surface area contributed by atoms with Gasteiger partial charge in [0.2, 0.25) is 5.91 Å². The Morgan fingerprint density at radius 2 is 1.54 bits per heavy atom. The van der Waals surface area contributed by atoms with Crippen LogP contribution in [0.1, 0.15) is 42.3 Å². The summed E-state index contributed by atoms with van der Waals surface area (Å²) >= 11 is 5.88. The summed E-state index contributed by atoms with van der Waals surface area (Å²) in [6.45, 7) is 5.62. The van der Waals surface area contributed by atoms with Crippen molar-refractivity contribution < 1.29 is 9.59 Å². The maximum Gasteiger partial charge on any atom is 0.269 e. The minimum atomic E-state index is -0.802. The molecule has 0 unspecified atom stereocenters. The standard InChI is InChI=1S/C19H21ClN2O2/c1-4-13-5-7-14(8-6-13)17(23)21-22-18(24)19(2,3)15-9-11-16(20)12-10-15/h5-12H,4H2,1-3H3,(H,21,23)(H,22,24). The monoisotopic (exact) mass is 344 g/mol. The third-order valence-electron chi connectivity index (χ3n) is 4.05. The van der Waals surface area contributed by atoms with Gasteiger partial charge in [-0.3, -0.25) is 20.4 Å². The van der Waals surface area contributed by atoms with Crippen LogP contribution in [0.5, 0.6) is 0 Å². The Hall–Kier alpha value is -2.33. The number of nitrogens with one attached hydrogen (secondary N) is 2. The van der Waals surface area contributed by atoms with Crippen LogP contribution in [0, 0.1) is 0 Å². The largest absolute Gasteiger partial charge is 0.272 e. The van der Waals surface area contributed by atoms with Crippen LogP contribution < -0.4 is 10.9 Å². The molecule has 24 heavy (non-hydrogen) atoms. The summed E-state index contributed by atoms with van der Waals surface area (Å²) < 4.78 is 0. The first-order valence-corrected chi connectivity index (χ1v) is 8.18. The lowest BCUT2D eigenvalue weighted by atomic mass is 9.84. The highest BCUT2D eigenvalue weighted by atomic mass is 35.5. The molecule has 0 aliphatic heterocycles. The Kier molecular flexibility index (Phi) is 5.62. The Bertz CT molecular complexity index is 722. The fourth-order valence-electron chi connectivity index (χ4n) is 2.23. The van der Waals surface area contributed by atoms with E-state index in [-0.39, 0.29) is 11.8 Å². The number of rotatable bonds is 4. The topological polar surface area (TPSA) is 58.2 Å².